The van der Waals surface area contributed by atoms with Crippen LogP contribution in [-0.2, 0) is 6.42 Å². The minimum absolute atomic E-state index is 0.0678. The standard InChI is InChI=1S/C16H24ClN3O/c1-4-14-9-13(10-15(17)18-14)16(21)20-7-5-19(6-8-20)11-12(2)3/h9-10,12H,4-8,11H2,1-3H3. The van der Waals surface area contributed by atoms with Crippen molar-refractivity contribution in [3.8, 4) is 0 Å². The van der Waals surface area contributed by atoms with Gasteiger partial charge < -0.3 is 4.90 Å². The molecule has 0 aliphatic carbocycles. The lowest BCUT2D eigenvalue weighted by Gasteiger charge is -2.35. The van der Waals surface area contributed by atoms with E-state index in [1.165, 1.54) is 0 Å². The maximum absolute atomic E-state index is 12.6. The fourth-order valence-electron chi connectivity index (χ4n) is 2.69. The van der Waals surface area contributed by atoms with Crippen LogP contribution in [0.15, 0.2) is 12.1 Å². The van der Waals surface area contributed by atoms with Crippen LogP contribution >= 0.6 is 11.6 Å². The van der Waals surface area contributed by atoms with Crippen LogP contribution in [0.3, 0.4) is 0 Å². The van der Waals surface area contributed by atoms with Crippen LogP contribution in [0, 0.1) is 5.92 Å². The highest BCUT2D eigenvalue weighted by molar-refractivity contribution is 6.29. The first-order chi connectivity index (χ1) is 9.99. The average molecular weight is 310 g/mol. The topological polar surface area (TPSA) is 36.4 Å². The molecule has 0 atom stereocenters. The highest BCUT2D eigenvalue weighted by Gasteiger charge is 2.23. The van der Waals surface area contributed by atoms with Gasteiger partial charge in [0.2, 0.25) is 0 Å². The van der Waals surface area contributed by atoms with Crippen molar-refractivity contribution in [2.24, 2.45) is 5.92 Å². The first-order valence-electron chi connectivity index (χ1n) is 7.67. The van der Waals surface area contributed by atoms with E-state index in [1.807, 2.05) is 17.9 Å². The summed E-state index contributed by atoms with van der Waals surface area (Å²) in [7, 11) is 0. The lowest BCUT2D eigenvalue weighted by atomic mass is 10.1. The summed E-state index contributed by atoms with van der Waals surface area (Å²) in [6.07, 6.45) is 0.781. The zero-order chi connectivity index (χ0) is 15.4. The molecule has 2 rings (SSSR count). The second-order valence-corrected chi connectivity index (χ2v) is 6.40. The first-order valence-corrected chi connectivity index (χ1v) is 8.05. The molecule has 0 bridgehead atoms. The van der Waals surface area contributed by atoms with Gasteiger partial charge in [0.25, 0.3) is 5.91 Å². The Kier molecular flexibility index (Phi) is 5.59. The number of nitrogens with zero attached hydrogens (tertiary/aromatic N) is 3. The Morgan fingerprint density at radius 1 is 1.29 bits per heavy atom. The number of carbonyl (C=O) groups is 1. The van der Waals surface area contributed by atoms with Gasteiger partial charge in [-0.15, -0.1) is 0 Å². The molecule has 0 radical (unpaired) electrons. The quantitative estimate of drug-likeness (QED) is 0.802. The fourth-order valence-corrected chi connectivity index (χ4v) is 2.91. The molecule has 4 nitrogen and oxygen atoms in total. The zero-order valence-corrected chi connectivity index (χ0v) is 13.9. The Bertz CT molecular complexity index is 496. The maximum atomic E-state index is 12.6. The molecule has 5 heteroatoms. The molecule has 0 N–H and O–H groups in total. The molecule has 1 fully saturated rings. The van der Waals surface area contributed by atoms with Crippen LogP contribution in [-0.4, -0.2) is 53.4 Å². The van der Waals surface area contributed by atoms with Crippen LogP contribution in [0.5, 0.6) is 0 Å². The van der Waals surface area contributed by atoms with Crippen LogP contribution in [0.4, 0.5) is 0 Å². The molecule has 1 amide bonds. The summed E-state index contributed by atoms with van der Waals surface area (Å²) in [4.78, 5) is 21.1. The normalized spacial score (nSPS) is 16.5. The molecule has 21 heavy (non-hydrogen) atoms. The van der Waals surface area contributed by atoms with Gasteiger partial charge >= 0.3 is 0 Å². The summed E-state index contributed by atoms with van der Waals surface area (Å²) in [6.45, 7) is 11.0. The van der Waals surface area contributed by atoms with E-state index >= 15 is 0 Å². The van der Waals surface area contributed by atoms with E-state index in [2.05, 4.69) is 23.7 Å². The molecular formula is C16H24ClN3O. The summed E-state index contributed by atoms with van der Waals surface area (Å²) < 4.78 is 0. The van der Waals surface area contributed by atoms with Gasteiger partial charge in [0.05, 0.1) is 0 Å². The van der Waals surface area contributed by atoms with Gasteiger partial charge in [-0.2, -0.15) is 0 Å². The van der Waals surface area contributed by atoms with Crippen LogP contribution in [0.1, 0.15) is 36.8 Å². The molecule has 1 aliphatic rings. The van der Waals surface area contributed by atoms with Gasteiger partial charge in [0.15, 0.2) is 0 Å². The fraction of sp³-hybridized carbons (Fsp3) is 0.625. The van der Waals surface area contributed by atoms with E-state index in [9.17, 15) is 4.79 Å². The van der Waals surface area contributed by atoms with Gasteiger partial charge in [-0.05, 0) is 24.5 Å². The first kappa shape index (κ1) is 16.2. The van der Waals surface area contributed by atoms with Crippen molar-refractivity contribution >= 4 is 17.5 Å². The Labute approximate surface area is 132 Å². The molecule has 116 valence electrons. The van der Waals surface area contributed by atoms with E-state index in [0.717, 1.165) is 44.8 Å². The number of piperazine rings is 1. The maximum Gasteiger partial charge on any atom is 0.254 e. The van der Waals surface area contributed by atoms with Crippen molar-refractivity contribution in [3.63, 3.8) is 0 Å². The average Bonchev–Trinajstić information content (AvgIpc) is 2.46. The third-order valence-corrected chi connectivity index (χ3v) is 3.93. The van der Waals surface area contributed by atoms with Crippen LogP contribution < -0.4 is 0 Å². The third kappa shape index (κ3) is 4.42. The second-order valence-electron chi connectivity index (χ2n) is 6.01. The van der Waals surface area contributed by atoms with Gasteiger partial charge in [0.1, 0.15) is 5.15 Å². The molecule has 2 heterocycles. The molecule has 1 aliphatic heterocycles. The highest BCUT2D eigenvalue weighted by atomic mass is 35.5. The predicted molar refractivity (Wildman–Crippen MR) is 85.8 cm³/mol. The molecule has 1 aromatic rings. The summed E-state index contributed by atoms with van der Waals surface area (Å²) >= 11 is 6.00. The summed E-state index contributed by atoms with van der Waals surface area (Å²) in [6, 6.07) is 3.53. The second kappa shape index (κ2) is 7.23. The highest BCUT2D eigenvalue weighted by Crippen LogP contribution is 2.15. The molecule has 0 saturated carbocycles. The van der Waals surface area contributed by atoms with Crippen molar-refractivity contribution in [3.05, 3.63) is 28.5 Å². The molecule has 0 spiro atoms. The van der Waals surface area contributed by atoms with Gasteiger partial charge in [0, 0.05) is 44.0 Å². The minimum atomic E-state index is 0.0678. The number of rotatable bonds is 4. The molecule has 1 saturated heterocycles. The monoisotopic (exact) mass is 309 g/mol. The molecular weight excluding hydrogens is 286 g/mol. The minimum Gasteiger partial charge on any atom is -0.336 e. The van der Waals surface area contributed by atoms with E-state index in [0.29, 0.717) is 16.6 Å². The van der Waals surface area contributed by atoms with Crippen molar-refractivity contribution in [2.45, 2.75) is 27.2 Å². The number of hydrogen-bond acceptors (Lipinski definition) is 3. The zero-order valence-electron chi connectivity index (χ0n) is 13.1. The van der Waals surface area contributed by atoms with Gasteiger partial charge in [-0.1, -0.05) is 32.4 Å². The summed E-state index contributed by atoms with van der Waals surface area (Å²) in [5, 5.41) is 0.399. The van der Waals surface area contributed by atoms with Crippen LogP contribution in [0.2, 0.25) is 5.15 Å². The number of pyridine rings is 1. The number of aryl methyl sites for hydroxylation is 1. The smallest absolute Gasteiger partial charge is 0.254 e. The Hall–Kier alpha value is -1.13. The Balaban J connectivity index is 2.00. The number of amides is 1. The van der Waals surface area contributed by atoms with Crippen molar-refractivity contribution in [1.29, 1.82) is 0 Å². The lowest BCUT2D eigenvalue weighted by molar-refractivity contribution is 0.0623. The largest absolute Gasteiger partial charge is 0.336 e. The van der Waals surface area contributed by atoms with Gasteiger partial charge in [-0.25, -0.2) is 4.98 Å². The lowest BCUT2D eigenvalue weighted by Crippen LogP contribution is -2.49. The SMILES string of the molecule is CCc1cc(C(=O)N2CCN(CC(C)C)CC2)cc(Cl)n1. The van der Waals surface area contributed by atoms with Crippen molar-refractivity contribution in [2.75, 3.05) is 32.7 Å². The van der Waals surface area contributed by atoms with E-state index in [1.54, 1.807) is 6.07 Å². The Morgan fingerprint density at radius 2 is 1.95 bits per heavy atom. The molecule has 0 unspecified atom stereocenters. The number of halogens is 1. The number of aromatic nitrogens is 1. The van der Waals surface area contributed by atoms with Crippen LogP contribution in [0.25, 0.3) is 0 Å². The molecule has 0 aromatic carbocycles. The van der Waals surface area contributed by atoms with Crippen molar-refractivity contribution < 1.29 is 4.79 Å². The summed E-state index contributed by atoms with van der Waals surface area (Å²) in [5.74, 6) is 0.733. The van der Waals surface area contributed by atoms with E-state index < -0.39 is 0 Å². The summed E-state index contributed by atoms with van der Waals surface area (Å²) in [5.41, 5.74) is 1.52. The van der Waals surface area contributed by atoms with E-state index in [-0.39, 0.29) is 5.91 Å². The van der Waals surface area contributed by atoms with E-state index in [4.69, 9.17) is 11.6 Å². The molecule has 1 aromatic heterocycles. The Morgan fingerprint density at radius 3 is 2.52 bits per heavy atom. The number of hydrogen-bond donors (Lipinski definition) is 0. The van der Waals surface area contributed by atoms with Gasteiger partial charge in [-0.3, -0.25) is 9.69 Å². The van der Waals surface area contributed by atoms with Crippen molar-refractivity contribution in [1.82, 2.24) is 14.8 Å². The third-order valence-electron chi connectivity index (χ3n) is 3.74. The number of carbonyl (C=O) groups excluding carboxylic acids is 1. The predicted octanol–water partition coefficient (Wildman–Crippen LogP) is 2.71.